The van der Waals surface area contributed by atoms with Crippen LogP contribution in [0.5, 0.6) is 11.5 Å². The van der Waals surface area contributed by atoms with Crippen molar-refractivity contribution in [2.45, 2.75) is 0 Å². The second kappa shape index (κ2) is 13.5. The molecule has 0 atom stereocenters. The Morgan fingerprint density at radius 3 is 1.98 bits per heavy atom. The third-order valence-electron chi connectivity index (χ3n) is 11.5. The summed E-state index contributed by atoms with van der Waals surface area (Å²) in [6.07, 6.45) is 0. The fraction of sp³-hybridized carbons (Fsp3) is 0. The number of anilines is 6. The molecule has 0 amide bonds. The minimum absolute atomic E-state index is 0.817. The summed E-state index contributed by atoms with van der Waals surface area (Å²) in [6.45, 7) is 0. The molecule has 1 aliphatic rings. The predicted octanol–water partition coefficient (Wildman–Crippen LogP) is 15.9. The Morgan fingerprint density at radius 2 is 1.14 bits per heavy atom. The lowest BCUT2D eigenvalue weighted by Gasteiger charge is -2.32. The first-order valence-electron chi connectivity index (χ1n) is 19.9. The van der Waals surface area contributed by atoms with E-state index in [0.29, 0.717) is 0 Å². The summed E-state index contributed by atoms with van der Waals surface area (Å²) >= 11 is 1.85. The Morgan fingerprint density at radius 1 is 0.475 bits per heavy atom. The van der Waals surface area contributed by atoms with Crippen LogP contribution in [0.15, 0.2) is 212 Å². The van der Waals surface area contributed by atoms with Crippen molar-refractivity contribution in [3.05, 3.63) is 212 Å². The van der Waals surface area contributed by atoms with E-state index < -0.39 is 0 Å². The topological polar surface area (TPSA) is 20.6 Å². The highest BCUT2D eigenvalue weighted by molar-refractivity contribution is 7.26. The third kappa shape index (κ3) is 5.36. The smallest absolute Gasteiger partial charge is 0.178 e. The van der Waals surface area contributed by atoms with E-state index in [1.165, 1.54) is 42.1 Å². The van der Waals surface area contributed by atoms with Gasteiger partial charge in [0, 0.05) is 43.6 Å². The van der Waals surface area contributed by atoms with E-state index in [9.17, 15) is 0 Å². The van der Waals surface area contributed by atoms with Crippen LogP contribution in [0.25, 0.3) is 58.7 Å². The Balaban J connectivity index is 1.11. The molecule has 1 aliphatic heterocycles. The van der Waals surface area contributed by atoms with Crippen LogP contribution in [0.3, 0.4) is 0 Å². The lowest BCUT2D eigenvalue weighted by Crippen LogP contribution is -2.18. The molecule has 0 radical (unpaired) electrons. The first-order valence-corrected chi connectivity index (χ1v) is 20.7. The molecule has 0 aliphatic carbocycles. The summed E-state index contributed by atoms with van der Waals surface area (Å²) in [7, 11) is 0. The van der Waals surface area contributed by atoms with Gasteiger partial charge >= 0.3 is 0 Å². The molecule has 0 unspecified atom stereocenters. The highest BCUT2D eigenvalue weighted by atomic mass is 32.1. The Labute approximate surface area is 345 Å². The minimum Gasteiger partial charge on any atom is -0.451 e. The number of ether oxygens (including phenoxy) is 1. The Bertz CT molecular complexity index is 3360. The van der Waals surface area contributed by atoms with E-state index in [0.717, 1.165) is 62.3 Å². The van der Waals surface area contributed by atoms with Gasteiger partial charge in [-0.2, -0.15) is 0 Å². The summed E-state index contributed by atoms with van der Waals surface area (Å²) in [4.78, 5) is 4.75. The number of fused-ring (bicyclic) bond motifs is 8. The molecule has 59 heavy (non-hydrogen) atoms. The monoisotopic (exact) mass is 773 g/mol. The molecule has 0 fully saturated rings. The minimum atomic E-state index is 0.817. The maximum absolute atomic E-state index is 7.02. The summed E-state index contributed by atoms with van der Waals surface area (Å²) in [6, 6.07) is 76.0. The zero-order valence-electron chi connectivity index (χ0n) is 31.9. The second-order valence-corrected chi connectivity index (χ2v) is 16.0. The zero-order valence-corrected chi connectivity index (χ0v) is 32.7. The van der Waals surface area contributed by atoms with Gasteiger partial charge in [0.25, 0.3) is 0 Å². The first kappa shape index (κ1) is 33.5. The molecule has 0 saturated heterocycles. The van der Waals surface area contributed by atoms with Crippen molar-refractivity contribution in [2.75, 3.05) is 9.80 Å². The molecule has 0 saturated carbocycles. The summed E-state index contributed by atoms with van der Waals surface area (Å²) < 4.78 is 11.9. The molecule has 12 rings (SSSR count). The molecule has 0 N–H and O–H groups in total. The fourth-order valence-corrected chi connectivity index (χ4v) is 10.1. The second-order valence-electron chi connectivity index (χ2n) is 14.9. The molecule has 0 spiro atoms. The summed E-state index contributed by atoms with van der Waals surface area (Å²) in [5, 5.41) is 6.05. The number of rotatable bonds is 6. The van der Waals surface area contributed by atoms with Gasteiger partial charge in [0.15, 0.2) is 17.3 Å². The Hall–Kier alpha value is -7.60. The lowest BCUT2D eigenvalue weighted by molar-refractivity contribution is 0.481. The van der Waals surface area contributed by atoms with Crippen LogP contribution in [0.2, 0.25) is 0 Å². The van der Waals surface area contributed by atoms with Crippen LogP contribution >= 0.6 is 11.3 Å². The van der Waals surface area contributed by atoms with Gasteiger partial charge in [-0.15, -0.1) is 11.3 Å². The Kier molecular flexibility index (Phi) is 7.68. The largest absolute Gasteiger partial charge is 0.451 e. The third-order valence-corrected chi connectivity index (χ3v) is 12.8. The highest BCUT2D eigenvalue weighted by Crippen LogP contribution is 2.56. The number of benzene rings is 9. The van der Waals surface area contributed by atoms with Crippen LogP contribution in [-0.2, 0) is 0 Å². The van der Waals surface area contributed by atoms with E-state index in [1.807, 2.05) is 17.4 Å². The molecule has 9 aromatic carbocycles. The van der Waals surface area contributed by atoms with Crippen molar-refractivity contribution < 1.29 is 4.74 Å². The molecule has 278 valence electrons. The van der Waals surface area contributed by atoms with E-state index in [2.05, 4.69) is 221 Å². The van der Waals surface area contributed by atoms with E-state index in [4.69, 9.17) is 4.74 Å². The van der Waals surface area contributed by atoms with Crippen molar-refractivity contribution in [1.82, 2.24) is 4.57 Å². The SMILES string of the molecule is c1ccc(N2c3ccccc3Oc3c2n(-c2ccccc2)c2ccc(N(c4ccc(-c5cccc6ccccc56)cc4)c4cccc5c4sc4ccccc45)cc32)cc1. The number of aromatic nitrogens is 1. The van der Waals surface area contributed by atoms with Crippen LogP contribution in [-0.4, -0.2) is 4.57 Å². The number of hydrogen-bond acceptors (Lipinski definition) is 4. The van der Waals surface area contributed by atoms with Gasteiger partial charge in [-0.3, -0.25) is 9.47 Å². The summed E-state index contributed by atoms with van der Waals surface area (Å²) in [5.74, 6) is 2.60. The van der Waals surface area contributed by atoms with Gasteiger partial charge in [-0.05, 0) is 101 Å². The van der Waals surface area contributed by atoms with Crippen molar-refractivity contribution in [3.8, 4) is 28.3 Å². The molecule has 0 bridgehead atoms. The van der Waals surface area contributed by atoms with Gasteiger partial charge in [-0.25, -0.2) is 0 Å². The maximum Gasteiger partial charge on any atom is 0.178 e. The van der Waals surface area contributed by atoms with Gasteiger partial charge in [0.05, 0.1) is 21.6 Å². The van der Waals surface area contributed by atoms with Crippen LogP contribution in [0.1, 0.15) is 0 Å². The fourth-order valence-electron chi connectivity index (χ4n) is 8.91. The molecule has 4 nitrogen and oxygen atoms in total. The quantitative estimate of drug-likeness (QED) is 0.168. The van der Waals surface area contributed by atoms with Crippen LogP contribution < -0.4 is 14.5 Å². The van der Waals surface area contributed by atoms with Gasteiger partial charge < -0.3 is 9.64 Å². The van der Waals surface area contributed by atoms with Crippen LogP contribution in [0, 0.1) is 0 Å². The van der Waals surface area contributed by atoms with Gasteiger partial charge in [0.2, 0.25) is 0 Å². The van der Waals surface area contributed by atoms with E-state index in [1.54, 1.807) is 0 Å². The average molecular weight is 774 g/mol. The van der Waals surface area contributed by atoms with Crippen molar-refractivity contribution in [2.24, 2.45) is 0 Å². The molecule has 11 aromatic rings. The van der Waals surface area contributed by atoms with Gasteiger partial charge in [-0.1, -0.05) is 133 Å². The normalized spacial score (nSPS) is 12.2. The van der Waals surface area contributed by atoms with E-state index in [-0.39, 0.29) is 0 Å². The highest BCUT2D eigenvalue weighted by Gasteiger charge is 2.33. The lowest BCUT2D eigenvalue weighted by atomic mass is 9.98. The molecule has 2 aromatic heterocycles. The van der Waals surface area contributed by atoms with Crippen molar-refractivity contribution in [1.29, 1.82) is 0 Å². The van der Waals surface area contributed by atoms with Crippen molar-refractivity contribution in [3.63, 3.8) is 0 Å². The molecular formula is C54H35N3OS. The number of para-hydroxylation sites is 4. The summed E-state index contributed by atoms with van der Waals surface area (Å²) in [5.41, 5.74) is 9.84. The maximum atomic E-state index is 7.02. The molecule has 3 heterocycles. The number of thiophene rings is 1. The van der Waals surface area contributed by atoms with Crippen LogP contribution in [0.4, 0.5) is 34.3 Å². The van der Waals surface area contributed by atoms with Gasteiger partial charge in [0.1, 0.15) is 0 Å². The first-order chi connectivity index (χ1) is 29.3. The predicted molar refractivity (Wildman–Crippen MR) is 249 cm³/mol. The number of nitrogens with zero attached hydrogens (tertiary/aromatic N) is 3. The van der Waals surface area contributed by atoms with E-state index >= 15 is 0 Å². The standard InChI is InChI=1S/C54H35N3OS/c1-3-17-38(18-4-1)56-47-34-33-41(35-46(47)52-54(56)57(39-19-5-2-6-20-39)48-25-10-11-27-50(48)58-52)55(49-26-14-24-45-44-22-9-12-28-51(44)59-53(45)49)40-31-29-37(30-32-40)43-23-13-16-36-15-7-8-21-42(36)43/h1-35H. The molecular weight excluding hydrogens is 739 g/mol. The van der Waals surface area contributed by atoms with Crippen molar-refractivity contribution >= 4 is 87.4 Å². The molecule has 5 heteroatoms. The zero-order chi connectivity index (χ0) is 38.9. The number of hydrogen-bond donors (Lipinski definition) is 0. The average Bonchev–Trinajstić information content (AvgIpc) is 3.85.